The van der Waals surface area contributed by atoms with E-state index in [9.17, 15) is 9.59 Å². The first kappa shape index (κ1) is 24.4. The fourth-order valence-electron chi connectivity index (χ4n) is 3.91. The summed E-state index contributed by atoms with van der Waals surface area (Å²) < 4.78 is 0. The average Bonchev–Trinajstić information content (AvgIpc) is 2.85. The standard InChI is InChI=1S/C26H30N6O2/c27-24(33)22(12-7-15-31-26(28)29)32(18-19-13-16-30-17-14-19)25(34)23(20-8-3-1-4-9-20)21-10-5-2-6-11-21/h1-6,8-11,13-14,16-17,22-23H,7,12,15,18H2,(H2,27,33)(H4,28,29,31)/t22-/m1/s1. The molecule has 0 spiro atoms. The first-order valence-electron chi connectivity index (χ1n) is 11.1. The maximum atomic E-state index is 14.2. The topological polar surface area (TPSA) is 141 Å². The van der Waals surface area contributed by atoms with Gasteiger partial charge in [-0.1, -0.05) is 60.7 Å². The van der Waals surface area contributed by atoms with Gasteiger partial charge in [0.05, 0.1) is 5.92 Å². The van der Waals surface area contributed by atoms with Crippen molar-refractivity contribution in [1.29, 1.82) is 0 Å². The molecule has 3 aromatic rings. The van der Waals surface area contributed by atoms with E-state index in [1.165, 1.54) is 0 Å². The molecule has 0 radical (unpaired) electrons. The molecule has 0 unspecified atom stereocenters. The number of aliphatic imine (C=N–C) groups is 1. The molecule has 1 atom stereocenters. The van der Waals surface area contributed by atoms with Crippen LogP contribution in [0, 0.1) is 0 Å². The van der Waals surface area contributed by atoms with Crippen molar-refractivity contribution >= 4 is 17.8 Å². The molecule has 8 heteroatoms. The maximum absolute atomic E-state index is 14.2. The minimum Gasteiger partial charge on any atom is -0.370 e. The van der Waals surface area contributed by atoms with E-state index in [0.29, 0.717) is 19.4 Å². The number of hydrogen-bond acceptors (Lipinski definition) is 4. The van der Waals surface area contributed by atoms with Gasteiger partial charge >= 0.3 is 0 Å². The van der Waals surface area contributed by atoms with E-state index in [4.69, 9.17) is 17.2 Å². The van der Waals surface area contributed by atoms with Crippen molar-refractivity contribution in [3.05, 3.63) is 102 Å². The molecule has 0 aliphatic carbocycles. The summed E-state index contributed by atoms with van der Waals surface area (Å²) in [5.41, 5.74) is 19.2. The molecular weight excluding hydrogens is 428 g/mol. The van der Waals surface area contributed by atoms with Gasteiger partial charge in [-0.2, -0.15) is 0 Å². The molecule has 3 rings (SSSR count). The molecule has 6 N–H and O–H groups in total. The van der Waals surface area contributed by atoms with Crippen molar-refractivity contribution in [2.75, 3.05) is 6.54 Å². The summed E-state index contributed by atoms with van der Waals surface area (Å²) in [7, 11) is 0. The largest absolute Gasteiger partial charge is 0.370 e. The van der Waals surface area contributed by atoms with Crippen LogP contribution in [0.2, 0.25) is 0 Å². The number of rotatable bonds is 11. The summed E-state index contributed by atoms with van der Waals surface area (Å²) in [6, 6.07) is 21.9. The number of guanidine groups is 1. The minimum atomic E-state index is -0.829. The van der Waals surface area contributed by atoms with Crippen molar-refractivity contribution in [1.82, 2.24) is 9.88 Å². The highest BCUT2D eigenvalue weighted by Gasteiger charge is 2.34. The summed E-state index contributed by atoms with van der Waals surface area (Å²) >= 11 is 0. The number of benzene rings is 2. The van der Waals surface area contributed by atoms with Gasteiger partial charge in [0.1, 0.15) is 6.04 Å². The number of nitrogens with zero attached hydrogens (tertiary/aromatic N) is 3. The van der Waals surface area contributed by atoms with Crippen LogP contribution in [0.4, 0.5) is 0 Å². The lowest BCUT2D eigenvalue weighted by molar-refractivity contribution is -0.141. The number of hydrogen-bond donors (Lipinski definition) is 3. The van der Waals surface area contributed by atoms with Crippen LogP contribution in [0.25, 0.3) is 0 Å². The molecule has 0 fully saturated rings. The smallest absolute Gasteiger partial charge is 0.240 e. The molecule has 0 bridgehead atoms. The van der Waals surface area contributed by atoms with Gasteiger partial charge in [-0.25, -0.2) is 0 Å². The van der Waals surface area contributed by atoms with Crippen LogP contribution in [0.5, 0.6) is 0 Å². The van der Waals surface area contributed by atoms with Crippen LogP contribution in [-0.2, 0) is 16.1 Å². The first-order chi connectivity index (χ1) is 16.5. The van der Waals surface area contributed by atoms with Gasteiger partial charge in [-0.15, -0.1) is 0 Å². The van der Waals surface area contributed by atoms with Gasteiger partial charge in [0.25, 0.3) is 0 Å². The van der Waals surface area contributed by atoms with Crippen LogP contribution in [0.1, 0.15) is 35.4 Å². The molecule has 2 aromatic carbocycles. The summed E-state index contributed by atoms with van der Waals surface area (Å²) in [6.07, 6.45) is 4.13. The number of carbonyl (C=O) groups is 2. The van der Waals surface area contributed by atoms with E-state index in [0.717, 1.165) is 16.7 Å². The van der Waals surface area contributed by atoms with Crippen LogP contribution in [0.3, 0.4) is 0 Å². The summed E-state index contributed by atoms with van der Waals surface area (Å²) in [4.78, 5) is 36.4. The Kier molecular flexibility index (Phi) is 8.73. The van der Waals surface area contributed by atoms with E-state index in [1.807, 2.05) is 72.8 Å². The lowest BCUT2D eigenvalue weighted by Crippen LogP contribution is -2.49. The van der Waals surface area contributed by atoms with Crippen molar-refractivity contribution < 1.29 is 9.59 Å². The molecule has 0 saturated carbocycles. The zero-order chi connectivity index (χ0) is 24.3. The van der Waals surface area contributed by atoms with E-state index in [2.05, 4.69) is 9.98 Å². The highest BCUT2D eigenvalue weighted by atomic mass is 16.2. The molecule has 176 valence electrons. The van der Waals surface area contributed by atoms with E-state index in [-0.39, 0.29) is 18.4 Å². The van der Waals surface area contributed by atoms with Gasteiger partial charge in [0.15, 0.2) is 5.96 Å². The molecule has 8 nitrogen and oxygen atoms in total. The molecule has 0 aliphatic rings. The zero-order valence-corrected chi connectivity index (χ0v) is 19.0. The second-order valence-corrected chi connectivity index (χ2v) is 7.94. The Morgan fingerprint density at radius 3 is 1.91 bits per heavy atom. The highest BCUT2D eigenvalue weighted by molar-refractivity contribution is 5.92. The van der Waals surface area contributed by atoms with Crippen molar-refractivity contribution in [3.8, 4) is 0 Å². The molecule has 34 heavy (non-hydrogen) atoms. The number of aromatic nitrogens is 1. The molecule has 1 heterocycles. The van der Waals surface area contributed by atoms with Gasteiger partial charge in [-0.3, -0.25) is 19.6 Å². The van der Waals surface area contributed by atoms with Gasteiger partial charge in [0, 0.05) is 25.5 Å². The lowest BCUT2D eigenvalue weighted by atomic mass is 9.89. The Balaban J connectivity index is 2.00. The van der Waals surface area contributed by atoms with Gasteiger partial charge in [-0.05, 0) is 41.7 Å². The third kappa shape index (κ3) is 6.65. The molecule has 2 amide bonds. The van der Waals surface area contributed by atoms with E-state index < -0.39 is 17.9 Å². The van der Waals surface area contributed by atoms with Crippen LogP contribution in [-0.4, -0.2) is 40.2 Å². The Bertz CT molecular complexity index is 1050. The number of amides is 2. The van der Waals surface area contributed by atoms with Gasteiger partial charge in [0.2, 0.25) is 11.8 Å². The Hall–Kier alpha value is -4.20. The summed E-state index contributed by atoms with van der Waals surface area (Å²) in [5, 5.41) is 0. The van der Waals surface area contributed by atoms with Crippen LogP contribution >= 0.6 is 0 Å². The van der Waals surface area contributed by atoms with Crippen LogP contribution in [0.15, 0.2) is 90.2 Å². The predicted octanol–water partition coefficient (Wildman–Crippen LogP) is 2.15. The lowest BCUT2D eigenvalue weighted by Gasteiger charge is -2.33. The quantitative estimate of drug-likeness (QED) is 0.229. The van der Waals surface area contributed by atoms with E-state index >= 15 is 0 Å². The molecular formula is C26H30N6O2. The number of carbonyl (C=O) groups excluding carboxylic acids is 2. The Labute approximate surface area is 199 Å². The molecule has 0 saturated heterocycles. The van der Waals surface area contributed by atoms with Crippen molar-refractivity contribution in [3.63, 3.8) is 0 Å². The van der Waals surface area contributed by atoms with Crippen molar-refractivity contribution in [2.45, 2.75) is 31.3 Å². The Morgan fingerprint density at radius 2 is 1.41 bits per heavy atom. The normalized spacial score (nSPS) is 11.6. The number of primary amides is 1. The summed E-state index contributed by atoms with van der Waals surface area (Å²) in [6.45, 7) is 0.553. The minimum absolute atomic E-state index is 0.0198. The fourth-order valence-corrected chi connectivity index (χ4v) is 3.91. The molecule has 1 aromatic heterocycles. The Morgan fingerprint density at radius 1 is 0.853 bits per heavy atom. The third-order valence-electron chi connectivity index (χ3n) is 5.53. The highest BCUT2D eigenvalue weighted by Crippen LogP contribution is 2.29. The zero-order valence-electron chi connectivity index (χ0n) is 19.0. The van der Waals surface area contributed by atoms with Crippen LogP contribution < -0.4 is 17.2 Å². The first-order valence-corrected chi connectivity index (χ1v) is 11.1. The second-order valence-electron chi connectivity index (χ2n) is 7.94. The van der Waals surface area contributed by atoms with E-state index in [1.54, 1.807) is 17.3 Å². The van der Waals surface area contributed by atoms with Gasteiger partial charge < -0.3 is 22.1 Å². The second kappa shape index (κ2) is 12.2. The fraction of sp³-hybridized carbons (Fsp3) is 0.231. The number of pyridine rings is 1. The third-order valence-corrected chi connectivity index (χ3v) is 5.53. The number of nitrogens with two attached hydrogens (primary N) is 3. The SMILES string of the molecule is NC(=O)[C@@H](CCCN=C(N)N)N(Cc1ccncc1)C(=O)C(c1ccccc1)c1ccccc1. The molecule has 0 aliphatic heterocycles. The maximum Gasteiger partial charge on any atom is 0.240 e. The van der Waals surface area contributed by atoms with Crippen molar-refractivity contribution in [2.24, 2.45) is 22.2 Å². The summed E-state index contributed by atoms with van der Waals surface area (Å²) in [5.74, 6) is -1.40. The monoisotopic (exact) mass is 458 g/mol. The predicted molar refractivity (Wildman–Crippen MR) is 132 cm³/mol. The average molecular weight is 459 g/mol.